The molecule has 0 atom stereocenters. The summed E-state index contributed by atoms with van der Waals surface area (Å²) in [7, 11) is 1.61. The summed E-state index contributed by atoms with van der Waals surface area (Å²) in [6, 6.07) is 11.0. The van der Waals surface area contributed by atoms with E-state index >= 15 is 0 Å². The van der Waals surface area contributed by atoms with Crippen LogP contribution in [0.3, 0.4) is 0 Å². The lowest BCUT2D eigenvalue weighted by Crippen LogP contribution is -2.35. The number of aryl methyl sites for hydroxylation is 2. The van der Waals surface area contributed by atoms with Crippen LogP contribution >= 0.6 is 0 Å². The van der Waals surface area contributed by atoms with Gasteiger partial charge in [-0.2, -0.15) is 0 Å². The van der Waals surface area contributed by atoms with Crippen LogP contribution in [0.4, 0.5) is 5.69 Å². The Morgan fingerprint density at radius 1 is 1.19 bits per heavy atom. The normalized spacial score (nSPS) is 10.8. The van der Waals surface area contributed by atoms with E-state index < -0.39 is 0 Å². The summed E-state index contributed by atoms with van der Waals surface area (Å²) in [5.74, 6) is -0.475. The molecule has 27 heavy (non-hydrogen) atoms. The van der Waals surface area contributed by atoms with Crippen molar-refractivity contribution in [3.63, 3.8) is 0 Å². The number of benzene rings is 2. The number of anilines is 1. The van der Waals surface area contributed by atoms with Crippen molar-refractivity contribution in [3.8, 4) is 0 Å². The zero-order valence-corrected chi connectivity index (χ0v) is 16.0. The van der Waals surface area contributed by atoms with Crippen molar-refractivity contribution in [2.75, 3.05) is 18.9 Å². The monoisotopic (exact) mass is 365 g/mol. The molecule has 1 heterocycles. The van der Waals surface area contributed by atoms with Crippen LogP contribution in [0.5, 0.6) is 0 Å². The third-order valence-electron chi connectivity index (χ3n) is 4.67. The van der Waals surface area contributed by atoms with Gasteiger partial charge >= 0.3 is 0 Å². The summed E-state index contributed by atoms with van der Waals surface area (Å²) in [5.41, 5.74) is 4.90. The molecule has 2 aromatic carbocycles. The zero-order valence-electron chi connectivity index (χ0n) is 16.0. The predicted octanol–water partition coefficient (Wildman–Crippen LogP) is 2.78. The van der Waals surface area contributed by atoms with E-state index in [1.165, 1.54) is 4.90 Å². The lowest BCUT2D eigenvalue weighted by molar-refractivity contribution is -0.116. The van der Waals surface area contributed by atoms with E-state index in [1.807, 2.05) is 45.0 Å². The SMILES string of the molecule is CCn1nnc2cc(C(=O)N(C)CC(=O)Nc3cccc(C)c3C)ccc21. The molecule has 3 rings (SSSR count). The summed E-state index contributed by atoms with van der Waals surface area (Å²) >= 11 is 0. The van der Waals surface area contributed by atoms with Gasteiger partial charge in [0, 0.05) is 24.8 Å². The molecule has 2 amide bonds. The molecule has 140 valence electrons. The second-order valence-corrected chi connectivity index (χ2v) is 6.57. The molecule has 1 N–H and O–H groups in total. The smallest absolute Gasteiger partial charge is 0.254 e. The van der Waals surface area contributed by atoms with Crippen LogP contribution in [0.1, 0.15) is 28.4 Å². The highest BCUT2D eigenvalue weighted by atomic mass is 16.2. The minimum atomic E-state index is -0.238. The molecule has 0 saturated carbocycles. The number of carbonyl (C=O) groups is 2. The maximum absolute atomic E-state index is 12.7. The maximum Gasteiger partial charge on any atom is 0.254 e. The average molecular weight is 365 g/mol. The molecule has 0 unspecified atom stereocenters. The van der Waals surface area contributed by atoms with Crippen LogP contribution in [0.25, 0.3) is 11.0 Å². The molecule has 0 aliphatic heterocycles. The Labute approximate surface area is 158 Å². The number of amides is 2. The van der Waals surface area contributed by atoms with Gasteiger partial charge in [-0.15, -0.1) is 5.10 Å². The van der Waals surface area contributed by atoms with E-state index in [4.69, 9.17) is 0 Å². The predicted molar refractivity (Wildman–Crippen MR) is 105 cm³/mol. The first-order valence-corrected chi connectivity index (χ1v) is 8.85. The van der Waals surface area contributed by atoms with Crippen molar-refractivity contribution in [3.05, 3.63) is 53.1 Å². The van der Waals surface area contributed by atoms with E-state index in [1.54, 1.807) is 23.9 Å². The van der Waals surface area contributed by atoms with Gasteiger partial charge in [0.25, 0.3) is 5.91 Å². The molecule has 1 aromatic heterocycles. The summed E-state index contributed by atoms with van der Waals surface area (Å²) in [5, 5.41) is 11.0. The Hall–Kier alpha value is -3.22. The topological polar surface area (TPSA) is 80.1 Å². The fraction of sp³-hybridized carbons (Fsp3) is 0.300. The first-order valence-electron chi connectivity index (χ1n) is 8.85. The number of rotatable bonds is 5. The molecule has 0 aliphatic carbocycles. The van der Waals surface area contributed by atoms with Crippen LogP contribution in [0.2, 0.25) is 0 Å². The second kappa shape index (κ2) is 7.57. The van der Waals surface area contributed by atoms with Crippen LogP contribution in [0, 0.1) is 13.8 Å². The van der Waals surface area contributed by atoms with Gasteiger partial charge in [0.15, 0.2) is 0 Å². The zero-order chi connectivity index (χ0) is 19.6. The van der Waals surface area contributed by atoms with E-state index in [-0.39, 0.29) is 18.4 Å². The summed E-state index contributed by atoms with van der Waals surface area (Å²) in [4.78, 5) is 26.4. The summed E-state index contributed by atoms with van der Waals surface area (Å²) < 4.78 is 1.77. The molecule has 0 radical (unpaired) electrons. The third-order valence-corrected chi connectivity index (χ3v) is 4.67. The quantitative estimate of drug-likeness (QED) is 0.754. The summed E-state index contributed by atoms with van der Waals surface area (Å²) in [6.45, 7) is 6.60. The van der Waals surface area contributed by atoms with Crippen molar-refractivity contribution in [1.29, 1.82) is 0 Å². The maximum atomic E-state index is 12.7. The van der Waals surface area contributed by atoms with Crippen molar-refractivity contribution in [1.82, 2.24) is 19.9 Å². The van der Waals surface area contributed by atoms with Crippen molar-refractivity contribution in [2.24, 2.45) is 0 Å². The van der Waals surface area contributed by atoms with Crippen molar-refractivity contribution < 1.29 is 9.59 Å². The van der Waals surface area contributed by atoms with E-state index in [9.17, 15) is 9.59 Å². The Balaban J connectivity index is 1.70. The number of nitrogens with one attached hydrogen (secondary N) is 1. The van der Waals surface area contributed by atoms with Gasteiger partial charge in [0.1, 0.15) is 5.52 Å². The first kappa shape index (κ1) is 18.6. The molecule has 7 nitrogen and oxygen atoms in total. The second-order valence-electron chi connectivity index (χ2n) is 6.57. The van der Waals surface area contributed by atoms with Gasteiger partial charge in [-0.25, -0.2) is 4.68 Å². The van der Waals surface area contributed by atoms with E-state index in [0.29, 0.717) is 17.6 Å². The fourth-order valence-corrected chi connectivity index (χ4v) is 2.92. The van der Waals surface area contributed by atoms with Crippen LogP contribution < -0.4 is 5.32 Å². The minimum Gasteiger partial charge on any atom is -0.332 e. The fourth-order valence-electron chi connectivity index (χ4n) is 2.92. The van der Waals surface area contributed by atoms with Gasteiger partial charge in [0.2, 0.25) is 5.91 Å². The molecule has 0 fully saturated rings. The number of aromatic nitrogens is 3. The van der Waals surface area contributed by atoms with Crippen molar-refractivity contribution in [2.45, 2.75) is 27.3 Å². The molecule has 0 spiro atoms. The van der Waals surface area contributed by atoms with Gasteiger partial charge < -0.3 is 10.2 Å². The van der Waals surface area contributed by atoms with Gasteiger partial charge in [-0.05, 0) is 56.2 Å². The number of carbonyl (C=O) groups excluding carboxylic acids is 2. The standard InChI is InChI=1S/C20H23N5O2/c1-5-25-18-10-9-15(11-17(18)22-23-25)20(27)24(4)12-19(26)21-16-8-6-7-13(2)14(16)3/h6-11H,5,12H2,1-4H3,(H,21,26). The highest BCUT2D eigenvalue weighted by Gasteiger charge is 2.17. The highest BCUT2D eigenvalue weighted by Crippen LogP contribution is 2.18. The summed E-state index contributed by atoms with van der Waals surface area (Å²) in [6.07, 6.45) is 0. The Morgan fingerprint density at radius 2 is 1.96 bits per heavy atom. The minimum absolute atomic E-state index is 0.0358. The molecule has 0 saturated heterocycles. The highest BCUT2D eigenvalue weighted by molar-refractivity contribution is 6.01. The van der Waals surface area contributed by atoms with Gasteiger partial charge in [0.05, 0.1) is 12.1 Å². The number of hydrogen-bond donors (Lipinski definition) is 1. The number of likely N-dealkylation sites (N-methyl/N-ethyl adjacent to an activating group) is 1. The largest absolute Gasteiger partial charge is 0.332 e. The van der Waals surface area contributed by atoms with E-state index in [2.05, 4.69) is 15.6 Å². The molecule has 3 aromatic rings. The van der Waals surface area contributed by atoms with Crippen molar-refractivity contribution >= 4 is 28.5 Å². The third kappa shape index (κ3) is 3.81. The molecule has 7 heteroatoms. The molecular weight excluding hydrogens is 342 g/mol. The Bertz CT molecular complexity index is 1010. The van der Waals surface area contributed by atoms with Crippen LogP contribution in [-0.2, 0) is 11.3 Å². The Morgan fingerprint density at radius 3 is 2.70 bits per heavy atom. The number of fused-ring (bicyclic) bond motifs is 1. The van der Waals surface area contributed by atoms with Gasteiger partial charge in [-0.1, -0.05) is 17.3 Å². The first-order chi connectivity index (χ1) is 12.9. The molecule has 0 bridgehead atoms. The molecule has 0 aliphatic rings. The van der Waals surface area contributed by atoms with Crippen LogP contribution in [0.15, 0.2) is 36.4 Å². The molecular formula is C20H23N5O2. The van der Waals surface area contributed by atoms with E-state index in [0.717, 1.165) is 22.3 Å². The average Bonchev–Trinajstić information content (AvgIpc) is 3.07. The lowest BCUT2D eigenvalue weighted by atomic mass is 10.1. The Kier molecular flexibility index (Phi) is 5.21. The van der Waals surface area contributed by atoms with Crippen LogP contribution in [-0.4, -0.2) is 45.3 Å². The van der Waals surface area contributed by atoms with Gasteiger partial charge in [-0.3, -0.25) is 9.59 Å². The number of hydrogen-bond acceptors (Lipinski definition) is 4. The number of nitrogens with zero attached hydrogens (tertiary/aromatic N) is 4. The lowest BCUT2D eigenvalue weighted by Gasteiger charge is -2.18.